The van der Waals surface area contributed by atoms with Gasteiger partial charge in [-0.3, -0.25) is 0 Å². The SMILES string of the molecule is COc1c(Cl)ccc2c1C(C)(C)C[C@](O)(C(F)(F)F)[C@@H]2Nc1cc(F)c(F)c2nc(C)ncc12. The third kappa shape index (κ3) is 3.63. The molecule has 1 aromatic heterocycles. The van der Waals surface area contributed by atoms with Crippen molar-refractivity contribution >= 4 is 28.2 Å². The molecule has 182 valence electrons. The molecule has 2 atom stereocenters. The van der Waals surface area contributed by atoms with Crippen LogP contribution in [-0.2, 0) is 5.41 Å². The highest BCUT2D eigenvalue weighted by Gasteiger charge is 2.64. The van der Waals surface area contributed by atoms with Crippen molar-refractivity contribution in [2.24, 2.45) is 0 Å². The number of nitrogens with one attached hydrogen (secondary N) is 1. The number of fused-ring (bicyclic) bond motifs is 2. The molecule has 0 unspecified atom stereocenters. The standard InChI is InChI=1S/C23H21ClF5N3O2/c1-10-30-8-12-15(7-14(25)17(26)18(12)31-10)32-20-11-5-6-13(24)19(34-4)16(11)21(2,3)9-22(20,33)23(27,28)29/h5-8,20,32-33H,9H2,1-4H3/t20-,22-/m1/s1. The number of hydrogen-bond acceptors (Lipinski definition) is 5. The van der Waals surface area contributed by atoms with Gasteiger partial charge in [-0.05, 0) is 30.4 Å². The lowest BCUT2D eigenvalue weighted by Crippen LogP contribution is -2.58. The van der Waals surface area contributed by atoms with Crippen molar-refractivity contribution in [1.29, 1.82) is 0 Å². The Bertz CT molecular complexity index is 1300. The number of hydrogen-bond donors (Lipinski definition) is 2. The first-order chi connectivity index (χ1) is 15.7. The van der Waals surface area contributed by atoms with Crippen LogP contribution in [0.25, 0.3) is 10.9 Å². The van der Waals surface area contributed by atoms with Crippen LogP contribution in [-0.4, -0.2) is 34.0 Å². The maximum absolute atomic E-state index is 14.4. The van der Waals surface area contributed by atoms with Gasteiger partial charge in [0.25, 0.3) is 0 Å². The molecule has 2 N–H and O–H groups in total. The second kappa shape index (κ2) is 7.91. The number of aliphatic hydroxyl groups is 1. The highest BCUT2D eigenvalue weighted by atomic mass is 35.5. The third-order valence-corrected chi connectivity index (χ3v) is 6.50. The van der Waals surface area contributed by atoms with E-state index in [4.69, 9.17) is 16.3 Å². The number of rotatable bonds is 3. The Kier molecular flexibility index (Phi) is 5.68. The summed E-state index contributed by atoms with van der Waals surface area (Å²) in [5.74, 6) is -2.24. The fourth-order valence-electron chi connectivity index (χ4n) is 4.78. The van der Waals surface area contributed by atoms with Gasteiger partial charge in [0.1, 0.15) is 17.1 Å². The molecule has 5 nitrogen and oxygen atoms in total. The van der Waals surface area contributed by atoms with Gasteiger partial charge in [-0.2, -0.15) is 13.2 Å². The minimum absolute atomic E-state index is 0.0404. The number of nitrogens with zero attached hydrogens (tertiary/aromatic N) is 2. The molecule has 0 bridgehead atoms. The van der Waals surface area contributed by atoms with Gasteiger partial charge in [-0.1, -0.05) is 31.5 Å². The number of aromatic nitrogens is 2. The van der Waals surface area contributed by atoms with E-state index in [-0.39, 0.29) is 33.2 Å². The average Bonchev–Trinajstić information content (AvgIpc) is 2.73. The molecule has 0 spiro atoms. The van der Waals surface area contributed by atoms with Crippen LogP contribution >= 0.6 is 11.6 Å². The Hall–Kier alpha value is -2.72. The quantitative estimate of drug-likeness (QED) is 0.430. The lowest BCUT2D eigenvalue weighted by Gasteiger charge is -2.49. The molecule has 1 aliphatic carbocycles. The molecule has 11 heteroatoms. The Morgan fingerprint density at radius 3 is 2.53 bits per heavy atom. The molecule has 0 saturated heterocycles. The topological polar surface area (TPSA) is 67.3 Å². The molecule has 4 rings (SSSR count). The van der Waals surface area contributed by atoms with Crippen molar-refractivity contribution in [2.75, 3.05) is 12.4 Å². The summed E-state index contributed by atoms with van der Waals surface area (Å²) < 4.78 is 77.4. The second-order valence-electron chi connectivity index (χ2n) is 9.00. The van der Waals surface area contributed by atoms with Gasteiger partial charge in [0.2, 0.25) is 0 Å². The van der Waals surface area contributed by atoms with Crippen LogP contribution in [0, 0.1) is 18.6 Å². The number of methoxy groups -OCH3 is 1. The molecule has 3 aromatic rings. The smallest absolute Gasteiger partial charge is 0.419 e. The number of anilines is 1. The van der Waals surface area contributed by atoms with Crippen LogP contribution in [0.15, 0.2) is 24.4 Å². The molecule has 2 aromatic carbocycles. The average molecular weight is 502 g/mol. The zero-order chi connectivity index (χ0) is 25.2. The maximum Gasteiger partial charge on any atom is 0.419 e. The number of halogens is 6. The van der Waals surface area contributed by atoms with Crippen LogP contribution in [0.5, 0.6) is 5.75 Å². The van der Waals surface area contributed by atoms with E-state index in [1.54, 1.807) is 13.8 Å². The lowest BCUT2D eigenvalue weighted by molar-refractivity contribution is -0.275. The molecule has 34 heavy (non-hydrogen) atoms. The Morgan fingerprint density at radius 1 is 1.24 bits per heavy atom. The summed E-state index contributed by atoms with van der Waals surface area (Å²) in [6.45, 7) is 4.55. The van der Waals surface area contributed by atoms with Crippen LogP contribution in [0.1, 0.15) is 43.3 Å². The number of benzene rings is 2. The fourth-order valence-corrected chi connectivity index (χ4v) is 5.02. The zero-order valence-electron chi connectivity index (χ0n) is 18.6. The summed E-state index contributed by atoms with van der Waals surface area (Å²) in [4.78, 5) is 7.85. The zero-order valence-corrected chi connectivity index (χ0v) is 19.4. The Labute approximate surface area is 196 Å². The van der Waals surface area contributed by atoms with E-state index in [0.717, 1.165) is 6.07 Å². The predicted molar refractivity (Wildman–Crippen MR) is 117 cm³/mol. The van der Waals surface area contributed by atoms with E-state index < -0.39 is 46.8 Å². The first-order valence-electron chi connectivity index (χ1n) is 10.2. The van der Waals surface area contributed by atoms with Crippen molar-refractivity contribution < 1.29 is 31.8 Å². The first-order valence-corrected chi connectivity index (χ1v) is 10.6. The largest absolute Gasteiger partial charge is 0.495 e. The normalized spacial score (nSPS) is 21.9. The van der Waals surface area contributed by atoms with Gasteiger partial charge in [0.05, 0.1) is 18.2 Å². The fraction of sp³-hybridized carbons (Fsp3) is 0.391. The highest BCUT2D eigenvalue weighted by Crippen LogP contribution is 2.57. The Balaban J connectivity index is 2.01. The molecule has 0 radical (unpaired) electrons. The maximum atomic E-state index is 14.4. The van der Waals surface area contributed by atoms with E-state index in [9.17, 15) is 27.1 Å². The summed E-state index contributed by atoms with van der Waals surface area (Å²) in [7, 11) is 1.34. The molecule has 0 saturated carbocycles. The van der Waals surface area contributed by atoms with Crippen molar-refractivity contribution in [2.45, 2.75) is 50.4 Å². The van der Waals surface area contributed by atoms with E-state index in [0.29, 0.717) is 5.56 Å². The van der Waals surface area contributed by atoms with Gasteiger partial charge in [-0.15, -0.1) is 0 Å². The summed E-state index contributed by atoms with van der Waals surface area (Å²) >= 11 is 6.25. The van der Waals surface area contributed by atoms with Crippen molar-refractivity contribution in [3.05, 3.63) is 58.0 Å². The van der Waals surface area contributed by atoms with Gasteiger partial charge >= 0.3 is 6.18 Å². The summed E-state index contributed by atoms with van der Waals surface area (Å²) in [6, 6.07) is 1.64. The van der Waals surface area contributed by atoms with E-state index in [2.05, 4.69) is 15.3 Å². The lowest BCUT2D eigenvalue weighted by atomic mass is 9.63. The minimum Gasteiger partial charge on any atom is -0.495 e. The molecule has 0 aliphatic heterocycles. The molecule has 1 aliphatic rings. The second-order valence-corrected chi connectivity index (χ2v) is 9.41. The summed E-state index contributed by atoms with van der Waals surface area (Å²) in [5.41, 5.74) is -4.65. The summed E-state index contributed by atoms with van der Waals surface area (Å²) in [6.07, 6.45) is -4.64. The first kappa shape index (κ1) is 24.4. The third-order valence-electron chi connectivity index (χ3n) is 6.20. The van der Waals surface area contributed by atoms with Crippen LogP contribution in [0.2, 0.25) is 5.02 Å². The van der Waals surface area contributed by atoms with Crippen LogP contribution < -0.4 is 10.1 Å². The number of ether oxygens (including phenoxy) is 1. The van der Waals surface area contributed by atoms with Gasteiger partial charge < -0.3 is 15.2 Å². The molecule has 0 amide bonds. The highest BCUT2D eigenvalue weighted by molar-refractivity contribution is 6.32. The monoisotopic (exact) mass is 501 g/mol. The minimum atomic E-state index is -5.08. The molecular formula is C23H21ClF5N3O2. The van der Waals surface area contributed by atoms with Crippen molar-refractivity contribution in [1.82, 2.24) is 9.97 Å². The van der Waals surface area contributed by atoms with E-state index in [1.165, 1.54) is 32.4 Å². The van der Waals surface area contributed by atoms with Gasteiger partial charge in [0, 0.05) is 28.9 Å². The van der Waals surface area contributed by atoms with E-state index in [1.807, 2.05) is 0 Å². The van der Waals surface area contributed by atoms with Crippen LogP contribution in [0.4, 0.5) is 27.6 Å². The molecule has 0 fully saturated rings. The van der Waals surface area contributed by atoms with Crippen molar-refractivity contribution in [3.63, 3.8) is 0 Å². The molecule has 1 heterocycles. The number of alkyl halides is 3. The van der Waals surface area contributed by atoms with E-state index >= 15 is 0 Å². The van der Waals surface area contributed by atoms with Crippen LogP contribution in [0.3, 0.4) is 0 Å². The summed E-state index contributed by atoms with van der Waals surface area (Å²) in [5, 5.41) is 13.9. The van der Waals surface area contributed by atoms with Crippen molar-refractivity contribution in [3.8, 4) is 5.75 Å². The Morgan fingerprint density at radius 2 is 1.91 bits per heavy atom. The molecular weight excluding hydrogens is 481 g/mol. The predicted octanol–water partition coefficient (Wildman–Crippen LogP) is 6.01. The van der Waals surface area contributed by atoms with Gasteiger partial charge in [-0.25, -0.2) is 18.7 Å². The number of aryl methyl sites for hydroxylation is 1. The van der Waals surface area contributed by atoms with Gasteiger partial charge in [0.15, 0.2) is 17.2 Å².